The first kappa shape index (κ1) is 10.4. The van der Waals surface area contributed by atoms with Gasteiger partial charge >= 0.3 is 0 Å². The Kier molecular flexibility index (Phi) is 2.72. The number of halogens is 1. The van der Waals surface area contributed by atoms with Crippen molar-refractivity contribution in [1.29, 1.82) is 0 Å². The van der Waals surface area contributed by atoms with Crippen molar-refractivity contribution in [3.63, 3.8) is 0 Å². The summed E-state index contributed by atoms with van der Waals surface area (Å²) >= 11 is 0. The Morgan fingerprint density at radius 1 is 1.31 bits per heavy atom. The summed E-state index contributed by atoms with van der Waals surface area (Å²) in [5.41, 5.74) is 1.50. The van der Waals surface area contributed by atoms with Crippen molar-refractivity contribution in [2.24, 2.45) is 0 Å². The summed E-state index contributed by atoms with van der Waals surface area (Å²) in [6, 6.07) is 5.68. The summed E-state index contributed by atoms with van der Waals surface area (Å²) in [5.74, 6) is -0.507. The van der Waals surface area contributed by atoms with Crippen molar-refractivity contribution < 1.29 is 9.18 Å². The predicted molar refractivity (Wildman–Crippen MR) is 57.4 cm³/mol. The van der Waals surface area contributed by atoms with E-state index < -0.39 is 5.82 Å². The van der Waals surface area contributed by atoms with Gasteiger partial charge in [0.05, 0.1) is 5.69 Å². The van der Waals surface area contributed by atoms with Crippen molar-refractivity contribution in [1.82, 2.24) is 9.97 Å². The number of aromatic nitrogens is 2. The quantitative estimate of drug-likeness (QED) is 0.724. The molecular formula is C12H9FN2O. The number of benzene rings is 1. The maximum atomic E-state index is 13.1. The Bertz CT molecular complexity index is 526. The standard InChI is InChI=1S/C12H9FN2O/c1-8(16)10-3-2-9(13)6-11(10)12-4-5-14-7-15-12/h2-7H,1H3. The lowest BCUT2D eigenvalue weighted by molar-refractivity contribution is 0.101. The molecule has 0 aliphatic carbocycles. The van der Waals surface area contributed by atoms with Crippen molar-refractivity contribution in [3.05, 3.63) is 48.2 Å². The van der Waals surface area contributed by atoms with Crippen LogP contribution in [-0.2, 0) is 0 Å². The lowest BCUT2D eigenvalue weighted by Gasteiger charge is -2.05. The molecule has 16 heavy (non-hydrogen) atoms. The summed E-state index contributed by atoms with van der Waals surface area (Å²) < 4.78 is 13.1. The molecular weight excluding hydrogens is 207 g/mol. The van der Waals surface area contributed by atoms with Gasteiger partial charge in [0, 0.05) is 17.3 Å². The average molecular weight is 216 g/mol. The molecule has 0 unspecified atom stereocenters. The molecule has 0 N–H and O–H groups in total. The van der Waals surface area contributed by atoms with E-state index in [0.717, 1.165) is 0 Å². The van der Waals surface area contributed by atoms with Crippen LogP contribution in [0.4, 0.5) is 4.39 Å². The third kappa shape index (κ3) is 1.95. The van der Waals surface area contributed by atoms with Gasteiger partial charge in [-0.15, -0.1) is 0 Å². The van der Waals surface area contributed by atoms with Gasteiger partial charge in [-0.05, 0) is 31.2 Å². The van der Waals surface area contributed by atoms with Gasteiger partial charge in [0.1, 0.15) is 12.1 Å². The number of nitrogens with zero attached hydrogens (tertiary/aromatic N) is 2. The Labute approximate surface area is 92.0 Å². The monoisotopic (exact) mass is 216 g/mol. The van der Waals surface area contributed by atoms with E-state index in [1.54, 1.807) is 12.3 Å². The van der Waals surface area contributed by atoms with Crippen LogP contribution in [0.5, 0.6) is 0 Å². The van der Waals surface area contributed by atoms with Crippen LogP contribution in [0.1, 0.15) is 17.3 Å². The van der Waals surface area contributed by atoms with Gasteiger partial charge in [0.15, 0.2) is 5.78 Å². The first-order chi connectivity index (χ1) is 7.68. The van der Waals surface area contributed by atoms with E-state index in [4.69, 9.17) is 0 Å². The Morgan fingerprint density at radius 2 is 2.12 bits per heavy atom. The highest BCUT2D eigenvalue weighted by Crippen LogP contribution is 2.22. The first-order valence-electron chi connectivity index (χ1n) is 4.75. The molecule has 3 nitrogen and oxygen atoms in total. The van der Waals surface area contributed by atoms with Crippen LogP contribution in [0.25, 0.3) is 11.3 Å². The number of hydrogen-bond acceptors (Lipinski definition) is 3. The van der Waals surface area contributed by atoms with Gasteiger partial charge in [0.25, 0.3) is 0 Å². The van der Waals surface area contributed by atoms with Gasteiger partial charge in [-0.25, -0.2) is 14.4 Å². The van der Waals surface area contributed by atoms with Gasteiger partial charge in [0.2, 0.25) is 0 Å². The second-order valence-corrected chi connectivity index (χ2v) is 3.34. The molecule has 0 saturated heterocycles. The van der Waals surface area contributed by atoms with E-state index in [-0.39, 0.29) is 5.78 Å². The molecule has 2 rings (SSSR count). The normalized spacial score (nSPS) is 10.1. The lowest BCUT2D eigenvalue weighted by atomic mass is 10.0. The Hall–Kier alpha value is -2.10. The fourth-order valence-electron chi connectivity index (χ4n) is 1.49. The zero-order valence-electron chi connectivity index (χ0n) is 8.64. The summed E-state index contributed by atoms with van der Waals surface area (Å²) in [6.07, 6.45) is 2.92. The lowest BCUT2D eigenvalue weighted by Crippen LogP contribution is -1.98. The molecule has 0 radical (unpaired) electrons. The van der Waals surface area contributed by atoms with E-state index in [1.807, 2.05) is 0 Å². The second-order valence-electron chi connectivity index (χ2n) is 3.34. The van der Waals surface area contributed by atoms with Crippen molar-refractivity contribution in [2.75, 3.05) is 0 Å². The zero-order chi connectivity index (χ0) is 11.5. The summed E-state index contributed by atoms with van der Waals surface area (Å²) in [7, 11) is 0. The van der Waals surface area contributed by atoms with E-state index in [2.05, 4.69) is 9.97 Å². The molecule has 80 valence electrons. The number of rotatable bonds is 2. The minimum atomic E-state index is -0.390. The molecule has 0 bridgehead atoms. The van der Waals surface area contributed by atoms with Crippen LogP contribution in [0.2, 0.25) is 0 Å². The molecule has 0 saturated carbocycles. The van der Waals surface area contributed by atoms with Crippen molar-refractivity contribution in [2.45, 2.75) is 6.92 Å². The van der Waals surface area contributed by atoms with E-state index >= 15 is 0 Å². The van der Waals surface area contributed by atoms with Gasteiger partial charge in [-0.3, -0.25) is 4.79 Å². The summed E-state index contributed by atoms with van der Waals surface area (Å²) in [6.45, 7) is 1.44. The van der Waals surface area contributed by atoms with Gasteiger partial charge in [-0.2, -0.15) is 0 Å². The third-order valence-electron chi connectivity index (χ3n) is 2.22. The van der Waals surface area contributed by atoms with E-state index in [9.17, 15) is 9.18 Å². The maximum absolute atomic E-state index is 13.1. The molecule has 0 amide bonds. The number of carbonyl (C=O) groups excluding carboxylic acids is 1. The molecule has 1 aromatic heterocycles. The molecule has 1 aromatic carbocycles. The van der Waals surface area contributed by atoms with Crippen LogP contribution < -0.4 is 0 Å². The average Bonchev–Trinajstić information content (AvgIpc) is 2.29. The van der Waals surface area contributed by atoms with Crippen LogP contribution in [0.15, 0.2) is 36.8 Å². The molecule has 2 aromatic rings. The molecule has 0 aliphatic heterocycles. The highest BCUT2D eigenvalue weighted by Gasteiger charge is 2.10. The molecule has 1 heterocycles. The Morgan fingerprint density at radius 3 is 2.75 bits per heavy atom. The highest BCUT2D eigenvalue weighted by molar-refractivity contribution is 6.00. The fraction of sp³-hybridized carbons (Fsp3) is 0.0833. The highest BCUT2D eigenvalue weighted by atomic mass is 19.1. The summed E-state index contributed by atoms with van der Waals surface area (Å²) in [4.78, 5) is 19.2. The number of Topliss-reactive ketones (excluding diaryl/α,β-unsaturated/α-hetero) is 1. The smallest absolute Gasteiger partial charge is 0.160 e. The predicted octanol–water partition coefficient (Wildman–Crippen LogP) is 2.49. The number of carbonyl (C=O) groups is 1. The molecule has 0 fully saturated rings. The zero-order valence-corrected chi connectivity index (χ0v) is 8.64. The van der Waals surface area contributed by atoms with Gasteiger partial charge in [-0.1, -0.05) is 0 Å². The molecule has 0 spiro atoms. The van der Waals surface area contributed by atoms with Crippen molar-refractivity contribution in [3.8, 4) is 11.3 Å². The van der Waals surface area contributed by atoms with E-state index in [0.29, 0.717) is 16.8 Å². The van der Waals surface area contributed by atoms with E-state index in [1.165, 1.54) is 31.5 Å². The van der Waals surface area contributed by atoms with Crippen molar-refractivity contribution >= 4 is 5.78 Å². The SMILES string of the molecule is CC(=O)c1ccc(F)cc1-c1ccncn1. The molecule has 0 aliphatic rings. The van der Waals surface area contributed by atoms with Crippen LogP contribution in [0.3, 0.4) is 0 Å². The number of ketones is 1. The third-order valence-corrected chi connectivity index (χ3v) is 2.22. The maximum Gasteiger partial charge on any atom is 0.160 e. The topological polar surface area (TPSA) is 42.9 Å². The fourth-order valence-corrected chi connectivity index (χ4v) is 1.49. The Balaban J connectivity index is 2.63. The minimum Gasteiger partial charge on any atom is -0.294 e. The van der Waals surface area contributed by atoms with Crippen LogP contribution >= 0.6 is 0 Å². The second kappa shape index (κ2) is 4.18. The molecule has 4 heteroatoms. The van der Waals surface area contributed by atoms with Crippen LogP contribution in [-0.4, -0.2) is 15.8 Å². The largest absolute Gasteiger partial charge is 0.294 e. The number of hydrogen-bond donors (Lipinski definition) is 0. The molecule has 0 atom stereocenters. The van der Waals surface area contributed by atoms with Crippen LogP contribution in [0, 0.1) is 5.82 Å². The summed E-state index contributed by atoms with van der Waals surface area (Å²) in [5, 5.41) is 0. The van der Waals surface area contributed by atoms with Gasteiger partial charge < -0.3 is 0 Å². The minimum absolute atomic E-state index is 0.117. The first-order valence-corrected chi connectivity index (χ1v) is 4.75.